The number of aryl methyl sites for hydroxylation is 2. The summed E-state index contributed by atoms with van der Waals surface area (Å²) in [5.74, 6) is -0.135. The molecular weight excluding hydrogens is 410 g/mol. The Kier molecular flexibility index (Phi) is 7.22. The minimum atomic E-state index is -3.71. The van der Waals surface area contributed by atoms with Crippen LogP contribution < -0.4 is 15.8 Å². The van der Waals surface area contributed by atoms with E-state index >= 15 is 0 Å². The molecule has 0 spiro atoms. The second-order valence-electron chi connectivity index (χ2n) is 7.54. The van der Waals surface area contributed by atoms with Crippen molar-refractivity contribution >= 4 is 21.6 Å². The van der Waals surface area contributed by atoms with Gasteiger partial charge < -0.3 is 10.6 Å². The van der Waals surface area contributed by atoms with Crippen LogP contribution in [-0.4, -0.2) is 20.9 Å². The summed E-state index contributed by atoms with van der Waals surface area (Å²) in [4.78, 5) is 13.2. The third-order valence-electron chi connectivity index (χ3n) is 5.06. The molecule has 1 atom stereocenters. The van der Waals surface area contributed by atoms with Crippen LogP contribution in [0.3, 0.4) is 0 Å². The summed E-state index contributed by atoms with van der Waals surface area (Å²) in [6.07, 6.45) is 0.630. The predicted octanol–water partition coefficient (Wildman–Crippen LogP) is 3.46. The number of rotatable bonds is 8. The molecule has 0 heterocycles. The third kappa shape index (κ3) is 6.24. The molecule has 3 aromatic rings. The highest BCUT2D eigenvalue weighted by Crippen LogP contribution is 2.20. The fraction of sp³-hybridized carbons (Fsp3) is 0.208. The molecule has 0 unspecified atom stereocenters. The van der Waals surface area contributed by atoms with Gasteiger partial charge in [0.2, 0.25) is 15.9 Å². The molecule has 0 fully saturated rings. The Morgan fingerprint density at radius 3 is 2.29 bits per heavy atom. The first-order valence-electron chi connectivity index (χ1n) is 10.0. The number of hydrogen-bond donors (Lipinski definition) is 3. The standard InChI is InChI=1S/C24H27N3O3S/c1-17-8-9-18(2)22(16-17)27-24(28)23(20-6-4-3-5-7-20)26-15-14-19-10-12-21(13-11-19)31(25,29)30/h3-13,16,23,26H,14-15H2,1-2H3,(H,27,28)(H2,25,29,30)/t23-/m0/s1. The van der Waals surface area contributed by atoms with Crippen molar-refractivity contribution in [1.82, 2.24) is 5.32 Å². The maximum absolute atomic E-state index is 13.1. The zero-order valence-electron chi connectivity index (χ0n) is 17.6. The molecule has 0 aliphatic heterocycles. The summed E-state index contributed by atoms with van der Waals surface area (Å²) >= 11 is 0. The smallest absolute Gasteiger partial charge is 0.246 e. The summed E-state index contributed by atoms with van der Waals surface area (Å²) in [5, 5.41) is 11.5. The zero-order valence-corrected chi connectivity index (χ0v) is 18.4. The highest BCUT2D eigenvalue weighted by Gasteiger charge is 2.20. The van der Waals surface area contributed by atoms with E-state index in [0.29, 0.717) is 13.0 Å². The van der Waals surface area contributed by atoms with E-state index in [4.69, 9.17) is 5.14 Å². The Labute approximate surface area is 183 Å². The number of anilines is 1. The lowest BCUT2D eigenvalue weighted by Crippen LogP contribution is -2.34. The summed E-state index contributed by atoms with van der Waals surface area (Å²) in [6, 6.07) is 21.4. The van der Waals surface area contributed by atoms with Crippen LogP contribution in [0.4, 0.5) is 5.69 Å². The van der Waals surface area contributed by atoms with E-state index in [2.05, 4.69) is 10.6 Å². The highest BCUT2D eigenvalue weighted by molar-refractivity contribution is 7.89. The van der Waals surface area contributed by atoms with Crippen LogP contribution in [0.15, 0.2) is 77.7 Å². The van der Waals surface area contributed by atoms with Crippen molar-refractivity contribution in [3.63, 3.8) is 0 Å². The third-order valence-corrected chi connectivity index (χ3v) is 5.99. The lowest BCUT2D eigenvalue weighted by molar-refractivity contribution is -0.118. The minimum Gasteiger partial charge on any atom is -0.324 e. The molecule has 31 heavy (non-hydrogen) atoms. The topological polar surface area (TPSA) is 101 Å². The number of benzene rings is 3. The fourth-order valence-electron chi connectivity index (χ4n) is 3.29. The normalized spacial score (nSPS) is 12.4. The van der Waals surface area contributed by atoms with Crippen LogP contribution in [-0.2, 0) is 21.2 Å². The minimum absolute atomic E-state index is 0.0827. The largest absolute Gasteiger partial charge is 0.324 e. The van der Waals surface area contributed by atoms with Crippen LogP contribution in [0.2, 0.25) is 0 Å². The van der Waals surface area contributed by atoms with Gasteiger partial charge in [-0.3, -0.25) is 4.79 Å². The van der Waals surface area contributed by atoms with Gasteiger partial charge in [-0.2, -0.15) is 0 Å². The van der Waals surface area contributed by atoms with Gasteiger partial charge in [0.25, 0.3) is 0 Å². The van der Waals surface area contributed by atoms with Gasteiger partial charge in [0.15, 0.2) is 0 Å². The van der Waals surface area contributed by atoms with Crippen molar-refractivity contribution in [1.29, 1.82) is 0 Å². The Morgan fingerprint density at radius 1 is 0.968 bits per heavy atom. The van der Waals surface area contributed by atoms with Crippen LogP contribution in [0.25, 0.3) is 0 Å². The van der Waals surface area contributed by atoms with Gasteiger partial charge >= 0.3 is 0 Å². The van der Waals surface area contributed by atoms with Crippen LogP contribution in [0.5, 0.6) is 0 Å². The average molecular weight is 438 g/mol. The molecule has 4 N–H and O–H groups in total. The SMILES string of the molecule is Cc1ccc(C)c(NC(=O)[C@@H](NCCc2ccc(S(N)(=O)=O)cc2)c2ccccc2)c1. The van der Waals surface area contributed by atoms with Gasteiger partial charge in [-0.1, -0.05) is 54.6 Å². The molecular formula is C24H27N3O3S. The molecule has 1 amide bonds. The van der Waals surface area contributed by atoms with Crippen molar-refractivity contribution in [2.24, 2.45) is 5.14 Å². The van der Waals surface area contributed by atoms with Gasteiger partial charge in [0, 0.05) is 12.2 Å². The molecule has 7 heteroatoms. The van der Waals surface area contributed by atoms with E-state index in [1.54, 1.807) is 12.1 Å². The quantitative estimate of drug-likeness (QED) is 0.502. The summed E-state index contributed by atoms with van der Waals surface area (Å²) < 4.78 is 22.8. The average Bonchev–Trinajstić information content (AvgIpc) is 2.74. The second-order valence-corrected chi connectivity index (χ2v) is 9.11. The molecule has 162 valence electrons. The zero-order chi connectivity index (χ0) is 22.4. The molecule has 0 radical (unpaired) electrons. The predicted molar refractivity (Wildman–Crippen MR) is 123 cm³/mol. The van der Waals surface area contributed by atoms with Crippen LogP contribution >= 0.6 is 0 Å². The van der Waals surface area contributed by atoms with Gasteiger partial charge in [-0.15, -0.1) is 0 Å². The number of carbonyl (C=O) groups excluding carboxylic acids is 1. The van der Waals surface area contributed by atoms with E-state index in [1.807, 2.05) is 62.4 Å². The Bertz CT molecular complexity index is 1140. The number of primary sulfonamides is 1. The van der Waals surface area contributed by atoms with E-state index in [0.717, 1.165) is 27.9 Å². The first-order chi connectivity index (χ1) is 14.7. The summed E-state index contributed by atoms with van der Waals surface area (Å²) in [6.45, 7) is 4.49. The fourth-order valence-corrected chi connectivity index (χ4v) is 3.80. The molecule has 6 nitrogen and oxygen atoms in total. The highest BCUT2D eigenvalue weighted by atomic mass is 32.2. The van der Waals surface area contributed by atoms with Gasteiger partial charge in [-0.05, 0) is 60.7 Å². The Morgan fingerprint density at radius 2 is 1.65 bits per heavy atom. The number of amides is 1. The van der Waals surface area contributed by atoms with E-state index in [9.17, 15) is 13.2 Å². The molecule has 0 aliphatic carbocycles. The first kappa shape index (κ1) is 22.7. The van der Waals surface area contributed by atoms with E-state index < -0.39 is 16.1 Å². The second kappa shape index (κ2) is 9.87. The molecule has 0 bridgehead atoms. The molecule has 0 aliphatic rings. The molecule has 0 aromatic heterocycles. The van der Waals surface area contributed by atoms with Gasteiger partial charge in [0.05, 0.1) is 4.90 Å². The summed E-state index contributed by atoms with van der Waals surface area (Å²) in [7, 11) is -3.71. The Hall–Kier alpha value is -3.00. The van der Waals surface area contributed by atoms with Crippen LogP contribution in [0, 0.1) is 13.8 Å². The van der Waals surface area contributed by atoms with Crippen molar-refractivity contribution in [2.75, 3.05) is 11.9 Å². The summed E-state index contributed by atoms with van der Waals surface area (Å²) in [5.41, 5.74) is 4.69. The first-order valence-corrected chi connectivity index (χ1v) is 11.6. The number of nitrogens with one attached hydrogen (secondary N) is 2. The number of sulfonamides is 1. The monoisotopic (exact) mass is 437 g/mol. The number of nitrogens with two attached hydrogens (primary N) is 1. The van der Waals surface area contributed by atoms with Crippen LogP contribution in [0.1, 0.15) is 28.3 Å². The lowest BCUT2D eigenvalue weighted by atomic mass is 10.0. The maximum atomic E-state index is 13.1. The van der Waals surface area contributed by atoms with Gasteiger partial charge in [-0.25, -0.2) is 13.6 Å². The van der Waals surface area contributed by atoms with Crippen molar-refractivity contribution in [2.45, 2.75) is 31.2 Å². The van der Waals surface area contributed by atoms with Gasteiger partial charge in [0.1, 0.15) is 6.04 Å². The lowest BCUT2D eigenvalue weighted by Gasteiger charge is -2.20. The molecule has 3 aromatic carbocycles. The van der Waals surface area contributed by atoms with Crippen molar-refractivity contribution in [3.05, 3.63) is 95.1 Å². The van der Waals surface area contributed by atoms with Crippen molar-refractivity contribution < 1.29 is 13.2 Å². The van der Waals surface area contributed by atoms with E-state index in [1.165, 1.54) is 12.1 Å². The molecule has 0 saturated carbocycles. The molecule has 0 saturated heterocycles. The molecule has 3 rings (SSSR count). The van der Waals surface area contributed by atoms with E-state index in [-0.39, 0.29) is 10.8 Å². The Balaban J connectivity index is 1.71. The van der Waals surface area contributed by atoms with Crippen molar-refractivity contribution in [3.8, 4) is 0 Å². The number of carbonyl (C=O) groups is 1. The number of hydrogen-bond acceptors (Lipinski definition) is 4. The maximum Gasteiger partial charge on any atom is 0.246 e.